The maximum absolute atomic E-state index is 12.8. The Kier molecular flexibility index (Phi) is 4.57. The van der Waals surface area contributed by atoms with E-state index >= 15 is 0 Å². The Morgan fingerprint density at radius 1 is 1.42 bits per heavy atom. The molecule has 0 aliphatic carbocycles. The van der Waals surface area contributed by atoms with Gasteiger partial charge >= 0.3 is 0 Å². The number of methoxy groups -OCH3 is 1. The van der Waals surface area contributed by atoms with Crippen LogP contribution in [-0.2, 0) is 0 Å². The van der Waals surface area contributed by atoms with E-state index in [-0.39, 0.29) is 30.1 Å². The van der Waals surface area contributed by atoms with Crippen LogP contribution in [0.1, 0.15) is 54.0 Å². The first-order chi connectivity index (χ1) is 11.5. The maximum atomic E-state index is 12.8. The van der Waals surface area contributed by atoms with Crippen LogP contribution in [0.25, 0.3) is 0 Å². The summed E-state index contributed by atoms with van der Waals surface area (Å²) >= 11 is 0. The summed E-state index contributed by atoms with van der Waals surface area (Å²) in [5.41, 5.74) is 1.22. The van der Waals surface area contributed by atoms with E-state index in [0.717, 1.165) is 11.3 Å². The maximum Gasteiger partial charge on any atom is 0.276 e. The second kappa shape index (κ2) is 6.65. The van der Waals surface area contributed by atoms with Gasteiger partial charge in [-0.25, -0.2) is 0 Å². The number of aliphatic hydroxyl groups excluding tert-OH is 1. The summed E-state index contributed by atoms with van der Waals surface area (Å²) in [5, 5.41) is 14.0. The van der Waals surface area contributed by atoms with Gasteiger partial charge in [-0.3, -0.25) is 4.79 Å². The highest BCUT2D eigenvalue weighted by molar-refractivity contribution is 5.92. The van der Waals surface area contributed by atoms with Crippen LogP contribution in [0.3, 0.4) is 0 Å². The second-order valence-corrected chi connectivity index (χ2v) is 6.41. The van der Waals surface area contributed by atoms with Crippen LogP contribution in [-0.4, -0.2) is 40.8 Å². The van der Waals surface area contributed by atoms with Crippen molar-refractivity contribution in [2.45, 2.75) is 38.3 Å². The van der Waals surface area contributed by atoms with Gasteiger partial charge in [-0.2, -0.15) is 0 Å². The molecule has 1 aromatic carbocycles. The molecule has 1 fully saturated rings. The average molecular weight is 330 g/mol. The number of likely N-dealkylation sites (tertiary alicyclic amines) is 1. The van der Waals surface area contributed by atoms with E-state index in [2.05, 4.69) is 5.16 Å². The normalized spacial score (nSPS) is 20.6. The molecule has 1 aliphatic heterocycles. The summed E-state index contributed by atoms with van der Waals surface area (Å²) in [5.74, 6) is 1.34. The van der Waals surface area contributed by atoms with Crippen molar-refractivity contribution >= 4 is 5.91 Å². The number of benzene rings is 1. The van der Waals surface area contributed by atoms with E-state index < -0.39 is 6.10 Å². The molecule has 128 valence electrons. The number of aliphatic hydroxyl groups is 1. The number of ether oxygens (including phenoxy) is 1. The van der Waals surface area contributed by atoms with Crippen LogP contribution in [0.4, 0.5) is 0 Å². The minimum absolute atomic E-state index is 0.164. The number of aromatic nitrogens is 1. The van der Waals surface area contributed by atoms with Crippen molar-refractivity contribution < 1.29 is 19.2 Å². The van der Waals surface area contributed by atoms with Gasteiger partial charge in [-0.15, -0.1) is 0 Å². The molecule has 6 nitrogen and oxygen atoms in total. The van der Waals surface area contributed by atoms with Crippen LogP contribution < -0.4 is 4.74 Å². The first-order valence-electron chi connectivity index (χ1n) is 8.09. The molecule has 1 N–H and O–H groups in total. The van der Waals surface area contributed by atoms with Gasteiger partial charge in [0, 0.05) is 18.5 Å². The van der Waals surface area contributed by atoms with Crippen molar-refractivity contribution in [2.24, 2.45) is 0 Å². The molecule has 0 saturated carbocycles. The topological polar surface area (TPSA) is 75.8 Å². The lowest BCUT2D eigenvalue weighted by Crippen LogP contribution is -2.32. The van der Waals surface area contributed by atoms with Crippen molar-refractivity contribution in [2.75, 3.05) is 13.7 Å². The van der Waals surface area contributed by atoms with Gasteiger partial charge in [0.2, 0.25) is 0 Å². The number of hydrogen-bond acceptors (Lipinski definition) is 5. The van der Waals surface area contributed by atoms with Crippen molar-refractivity contribution in [1.82, 2.24) is 10.1 Å². The summed E-state index contributed by atoms with van der Waals surface area (Å²) in [6.45, 7) is 4.24. The Morgan fingerprint density at radius 2 is 2.21 bits per heavy atom. The Balaban J connectivity index is 1.87. The molecule has 6 heteroatoms. The van der Waals surface area contributed by atoms with Gasteiger partial charge in [-0.05, 0) is 24.1 Å². The Bertz CT molecular complexity index is 725. The molecule has 1 saturated heterocycles. The Morgan fingerprint density at radius 3 is 2.88 bits per heavy atom. The van der Waals surface area contributed by atoms with Crippen LogP contribution in [0, 0.1) is 0 Å². The van der Waals surface area contributed by atoms with E-state index in [9.17, 15) is 9.90 Å². The number of hydrogen-bond donors (Lipinski definition) is 1. The number of amides is 1. The monoisotopic (exact) mass is 330 g/mol. The van der Waals surface area contributed by atoms with E-state index in [1.807, 2.05) is 38.1 Å². The minimum Gasteiger partial charge on any atom is -0.497 e. The summed E-state index contributed by atoms with van der Waals surface area (Å²) in [6, 6.07) is 9.04. The summed E-state index contributed by atoms with van der Waals surface area (Å²) in [7, 11) is 1.61. The zero-order valence-corrected chi connectivity index (χ0v) is 14.1. The quantitative estimate of drug-likeness (QED) is 0.933. The third kappa shape index (κ3) is 3.14. The number of carbonyl (C=O) groups is 1. The molecule has 2 heterocycles. The van der Waals surface area contributed by atoms with Crippen LogP contribution in [0.15, 0.2) is 34.9 Å². The van der Waals surface area contributed by atoms with Crippen LogP contribution in [0.2, 0.25) is 0 Å². The highest BCUT2D eigenvalue weighted by Crippen LogP contribution is 2.34. The first kappa shape index (κ1) is 16.5. The predicted molar refractivity (Wildman–Crippen MR) is 88.0 cm³/mol. The van der Waals surface area contributed by atoms with Crippen molar-refractivity contribution in [1.29, 1.82) is 0 Å². The smallest absolute Gasteiger partial charge is 0.276 e. The molecule has 2 aromatic rings. The third-order valence-electron chi connectivity index (χ3n) is 4.33. The highest BCUT2D eigenvalue weighted by Gasteiger charge is 2.37. The largest absolute Gasteiger partial charge is 0.497 e. The lowest BCUT2D eigenvalue weighted by atomic mass is 10.0. The van der Waals surface area contributed by atoms with E-state index in [4.69, 9.17) is 9.26 Å². The van der Waals surface area contributed by atoms with Gasteiger partial charge in [0.25, 0.3) is 5.91 Å². The highest BCUT2D eigenvalue weighted by atomic mass is 16.5. The second-order valence-electron chi connectivity index (χ2n) is 6.41. The van der Waals surface area contributed by atoms with Gasteiger partial charge < -0.3 is 19.3 Å². The number of β-amino-alcohol motifs (C(OH)–C–C–N with tert-alkyl or cyclic N) is 1. The molecule has 0 radical (unpaired) electrons. The number of rotatable bonds is 4. The van der Waals surface area contributed by atoms with Crippen molar-refractivity contribution in [3.63, 3.8) is 0 Å². The summed E-state index contributed by atoms with van der Waals surface area (Å²) in [4.78, 5) is 14.5. The fourth-order valence-electron chi connectivity index (χ4n) is 3.01. The SMILES string of the molecule is COc1cccc([C@H]2C[C@@H](O)CN2C(=O)c2cc(C(C)C)on2)c1. The van der Waals surface area contributed by atoms with Gasteiger partial charge in [0.15, 0.2) is 5.69 Å². The van der Waals surface area contributed by atoms with Crippen molar-refractivity contribution in [3.05, 3.63) is 47.3 Å². The molecular weight excluding hydrogens is 308 g/mol. The van der Waals surface area contributed by atoms with Gasteiger partial charge in [-0.1, -0.05) is 31.1 Å². The molecule has 1 amide bonds. The fraction of sp³-hybridized carbons (Fsp3) is 0.444. The summed E-state index contributed by atoms with van der Waals surface area (Å²) in [6.07, 6.45) is -0.0602. The number of carbonyl (C=O) groups excluding carboxylic acids is 1. The molecule has 0 spiro atoms. The lowest BCUT2D eigenvalue weighted by Gasteiger charge is -2.24. The van der Waals surface area contributed by atoms with E-state index in [0.29, 0.717) is 12.2 Å². The standard InChI is InChI=1S/C18H22N2O4/c1-11(2)17-9-15(19-24-17)18(22)20-10-13(21)8-16(20)12-5-4-6-14(7-12)23-3/h4-7,9,11,13,16,21H,8,10H2,1-3H3/t13-,16-/m1/s1. The first-order valence-corrected chi connectivity index (χ1v) is 8.09. The van der Waals surface area contributed by atoms with Crippen LogP contribution >= 0.6 is 0 Å². The van der Waals surface area contributed by atoms with Crippen LogP contribution in [0.5, 0.6) is 5.75 Å². The Labute approximate surface area is 141 Å². The molecular formula is C18H22N2O4. The van der Waals surface area contributed by atoms with Gasteiger partial charge in [0.05, 0.1) is 19.3 Å². The molecule has 3 rings (SSSR count). The molecule has 1 aliphatic rings. The summed E-state index contributed by atoms with van der Waals surface area (Å²) < 4.78 is 10.5. The molecule has 2 atom stereocenters. The lowest BCUT2D eigenvalue weighted by molar-refractivity contribution is 0.0705. The zero-order valence-electron chi connectivity index (χ0n) is 14.1. The fourth-order valence-corrected chi connectivity index (χ4v) is 3.01. The van der Waals surface area contributed by atoms with E-state index in [1.165, 1.54) is 0 Å². The van der Waals surface area contributed by atoms with E-state index in [1.54, 1.807) is 18.1 Å². The molecule has 0 unspecified atom stereocenters. The Hall–Kier alpha value is -2.34. The minimum atomic E-state index is -0.554. The predicted octanol–water partition coefficient (Wildman–Crippen LogP) is 2.75. The average Bonchev–Trinajstić information content (AvgIpc) is 3.21. The molecule has 1 aromatic heterocycles. The molecule has 0 bridgehead atoms. The van der Waals surface area contributed by atoms with Crippen molar-refractivity contribution in [3.8, 4) is 5.75 Å². The third-order valence-corrected chi connectivity index (χ3v) is 4.33. The molecule has 24 heavy (non-hydrogen) atoms. The zero-order chi connectivity index (χ0) is 17.3. The van der Waals surface area contributed by atoms with Gasteiger partial charge in [0.1, 0.15) is 11.5 Å². The number of nitrogens with zero attached hydrogens (tertiary/aromatic N) is 2.